The van der Waals surface area contributed by atoms with Crippen LogP contribution in [0.2, 0.25) is 0 Å². The first-order chi connectivity index (χ1) is 33.0. The summed E-state index contributed by atoms with van der Waals surface area (Å²) in [5.41, 5.74) is 0. The van der Waals surface area contributed by atoms with Crippen LogP contribution in [0.1, 0.15) is 181 Å². The molecular weight excluding hydrogens is 877 g/mol. The number of allylic oxidation sites excluding steroid dienone is 8. The molecule has 0 aliphatic carbocycles. The summed E-state index contributed by atoms with van der Waals surface area (Å²) in [6.07, 6.45) is 27.2. The molecule has 2 aliphatic heterocycles. The normalized spacial score (nSPS) is 26.1. The number of carbonyl (C=O) groups is 2. The summed E-state index contributed by atoms with van der Waals surface area (Å²) in [5, 5.41) is 72.1. The minimum atomic E-state index is -1.77. The van der Waals surface area contributed by atoms with Crippen molar-refractivity contribution < 1.29 is 73.8 Å². The van der Waals surface area contributed by atoms with Crippen molar-refractivity contribution >= 4 is 11.9 Å². The van der Waals surface area contributed by atoms with Gasteiger partial charge in [0.1, 0.15) is 55.4 Å². The number of aliphatic hydroxyl groups excluding tert-OH is 7. The molecule has 4 unspecified atom stereocenters. The van der Waals surface area contributed by atoms with Gasteiger partial charge < -0.3 is 64.2 Å². The molecule has 2 fully saturated rings. The number of hydrogen-bond acceptors (Lipinski definition) is 15. The van der Waals surface area contributed by atoms with E-state index in [1.807, 2.05) is 6.08 Å². The lowest BCUT2D eigenvalue weighted by molar-refractivity contribution is -0.332. The summed E-state index contributed by atoms with van der Waals surface area (Å²) in [6.45, 7) is 2.50. The SMILES string of the molecule is CCCCC/C=C/C/C=C/C/C=C/CCCCCCC(=O)O[C@H](COC(=O)CC/C=C/CCCCCCCCCCCCC)CO[C@H]1O[C@@H](CO[C@H]2O[C@@H](CO)[C@@H](O)C(O)C2O)[C@@H](O)C(O)C1O. The van der Waals surface area contributed by atoms with Crippen LogP contribution in [0.25, 0.3) is 0 Å². The van der Waals surface area contributed by atoms with E-state index in [9.17, 15) is 45.3 Å². The molecule has 15 heteroatoms. The third kappa shape index (κ3) is 27.7. The lowest BCUT2D eigenvalue weighted by atomic mass is 9.98. The summed E-state index contributed by atoms with van der Waals surface area (Å²) in [7, 11) is 0. The van der Waals surface area contributed by atoms with E-state index in [1.165, 1.54) is 83.5 Å². The number of hydrogen-bond donors (Lipinski definition) is 7. The van der Waals surface area contributed by atoms with Gasteiger partial charge in [-0.15, -0.1) is 0 Å². The fourth-order valence-electron chi connectivity index (χ4n) is 7.95. The molecule has 394 valence electrons. The van der Waals surface area contributed by atoms with Gasteiger partial charge in [-0.1, -0.05) is 152 Å². The van der Waals surface area contributed by atoms with Gasteiger partial charge in [0.2, 0.25) is 0 Å². The zero-order valence-electron chi connectivity index (χ0n) is 41.6. The Morgan fingerprint density at radius 2 is 0.912 bits per heavy atom. The lowest BCUT2D eigenvalue weighted by Crippen LogP contribution is -2.61. The summed E-state index contributed by atoms with van der Waals surface area (Å²) in [5.74, 6) is -1.01. The van der Waals surface area contributed by atoms with Gasteiger partial charge in [0, 0.05) is 12.8 Å². The van der Waals surface area contributed by atoms with E-state index >= 15 is 0 Å². The van der Waals surface area contributed by atoms with Crippen molar-refractivity contribution in [1.29, 1.82) is 0 Å². The van der Waals surface area contributed by atoms with Gasteiger partial charge in [0.15, 0.2) is 18.7 Å². The molecule has 0 bridgehead atoms. The highest BCUT2D eigenvalue weighted by Gasteiger charge is 2.47. The van der Waals surface area contributed by atoms with Crippen molar-refractivity contribution in [2.45, 2.75) is 248 Å². The second-order valence-corrected chi connectivity index (χ2v) is 18.3. The van der Waals surface area contributed by atoms with Crippen molar-refractivity contribution in [3.05, 3.63) is 48.6 Å². The Kier molecular flexibility index (Phi) is 36.3. The fourth-order valence-corrected chi connectivity index (χ4v) is 7.95. The predicted octanol–water partition coefficient (Wildman–Crippen LogP) is 7.49. The first-order valence-corrected chi connectivity index (χ1v) is 26.2. The first kappa shape index (κ1) is 61.6. The number of esters is 2. The van der Waals surface area contributed by atoms with Gasteiger partial charge in [0.25, 0.3) is 0 Å². The largest absolute Gasteiger partial charge is 0.462 e. The summed E-state index contributed by atoms with van der Waals surface area (Å²) in [6, 6.07) is 0. The topological polar surface area (TPSA) is 231 Å². The molecule has 2 aliphatic rings. The fraction of sp³-hybridized carbons (Fsp3) is 0.811. The van der Waals surface area contributed by atoms with Crippen molar-refractivity contribution in [2.24, 2.45) is 0 Å². The monoisotopic (exact) mass is 969 g/mol. The Bertz CT molecular complexity index is 1370. The smallest absolute Gasteiger partial charge is 0.306 e. The number of ether oxygens (including phenoxy) is 6. The third-order valence-corrected chi connectivity index (χ3v) is 12.3. The Labute approximate surface area is 408 Å². The molecule has 2 rings (SSSR count). The Balaban J connectivity index is 1.83. The van der Waals surface area contributed by atoms with E-state index in [0.29, 0.717) is 12.8 Å². The van der Waals surface area contributed by atoms with Gasteiger partial charge in [-0.25, -0.2) is 0 Å². The number of unbranched alkanes of at least 4 members (excludes halogenated alkanes) is 18. The maximum Gasteiger partial charge on any atom is 0.306 e. The molecule has 0 aromatic carbocycles. The van der Waals surface area contributed by atoms with Crippen molar-refractivity contribution in [3.8, 4) is 0 Å². The summed E-state index contributed by atoms with van der Waals surface area (Å²) >= 11 is 0. The van der Waals surface area contributed by atoms with Crippen LogP contribution >= 0.6 is 0 Å². The first-order valence-electron chi connectivity index (χ1n) is 26.2. The summed E-state index contributed by atoms with van der Waals surface area (Å²) in [4.78, 5) is 25.7. The molecule has 0 spiro atoms. The molecule has 0 aromatic rings. The molecule has 15 nitrogen and oxygen atoms in total. The van der Waals surface area contributed by atoms with Crippen LogP contribution in [-0.4, -0.2) is 142 Å². The second kappa shape index (κ2) is 40.1. The van der Waals surface area contributed by atoms with Crippen LogP contribution in [0.15, 0.2) is 48.6 Å². The molecule has 0 aromatic heterocycles. The quantitative estimate of drug-likeness (QED) is 0.0179. The van der Waals surface area contributed by atoms with E-state index < -0.39 is 99.3 Å². The molecule has 0 amide bonds. The molecule has 11 atom stereocenters. The van der Waals surface area contributed by atoms with Gasteiger partial charge in [-0.05, 0) is 64.2 Å². The highest BCUT2D eigenvalue weighted by molar-refractivity contribution is 5.70. The van der Waals surface area contributed by atoms with Gasteiger partial charge in [0.05, 0.1) is 19.8 Å². The van der Waals surface area contributed by atoms with E-state index in [1.54, 1.807) is 0 Å². The third-order valence-electron chi connectivity index (χ3n) is 12.3. The predicted molar refractivity (Wildman–Crippen MR) is 261 cm³/mol. The minimum absolute atomic E-state index is 0.129. The maximum atomic E-state index is 13.0. The summed E-state index contributed by atoms with van der Waals surface area (Å²) < 4.78 is 33.5. The van der Waals surface area contributed by atoms with Crippen molar-refractivity contribution in [3.63, 3.8) is 0 Å². The number of carbonyl (C=O) groups excluding carboxylic acids is 2. The zero-order chi connectivity index (χ0) is 49.6. The lowest BCUT2D eigenvalue weighted by Gasteiger charge is -2.42. The maximum absolute atomic E-state index is 13.0. The van der Waals surface area contributed by atoms with E-state index in [0.717, 1.165) is 57.8 Å². The van der Waals surface area contributed by atoms with E-state index in [4.69, 9.17) is 28.4 Å². The number of aliphatic hydroxyl groups is 7. The Morgan fingerprint density at radius 3 is 1.49 bits per heavy atom. The van der Waals surface area contributed by atoms with Crippen LogP contribution in [0, 0.1) is 0 Å². The standard InChI is InChI=1S/C53H92O15/c1-3-5-7-9-11-13-15-17-19-20-22-24-26-28-30-32-34-36-45(56)66-41(38-63-44(55)35-33-31-29-27-25-23-21-18-16-14-12-10-8-6-4-2)39-64-52-51(62)49(60)47(58)43(68-52)40-65-53-50(61)48(59)46(57)42(37-54)67-53/h11,13,17,19,22,24,29,31,41-43,46-54,57-62H,3-10,12,14-16,18,20-21,23,25-28,30,32-40H2,1-2H3/b13-11+,19-17+,24-22+,31-29+/t41-,42+,43+,46-,47-,48?,49?,50?,51?,52+,53+/m1/s1. The van der Waals surface area contributed by atoms with Crippen LogP contribution in [-0.2, 0) is 38.0 Å². The van der Waals surface area contributed by atoms with Crippen LogP contribution in [0.3, 0.4) is 0 Å². The molecule has 2 heterocycles. The van der Waals surface area contributed by atoms with E-state index in [-0.39, 0.29) is 19.4 Å². The number of rotatable bonds is 40. The molecule has 0 radical (unpaired) electrons. The zero-order valence-corrected chi connectivity index (χ0v) is 41.6. The Morgan fingerprint density at radius 1 is 0.471 bits per heavy atom. The van der Waals surface area contributed by atoms with Crippen LogP contribution in [0.5, 0.6) is 0 Å². The van der Waals surface area contributed by atoms with E-state index in [2.05, 4.69) is 56.4 Å². The molecule has 68 heavy (non-hydrogen) atoms. The second-order valence-electron chi connectivity index (χ2n) is 18.3. The van der Waals surface area contributed by atoms with Gasteiger partial charge in [-0.2, -0.15) is 0 Å². The van der Waals surface area contributed by atoms with Crippen LogP contribution < -0.4 is 0 Å². The van der Waals surface area contributed by atoms with Crippen LogP contribution in [0.4, 0.5) is 0 Å². The Hall–Kier alpha value is -2.54. The highest BCUT2D eigenvalue weighted by atomic mass is 16.7. The van der Waals surface area contributed by atoms with Crippen molar-refractivity contribution in [1.82, 2.24) is 0 Å². The minimum Gasteiger partial charge on any atom is -0.462 e. The average molecular weight is 969 g/mol. The highest BCUT2D eigenvalue weighted by Crippen LogP contribution is 2.26. The molecular formula is C53H92O15. The molecule has 0 saturated carbocycles. The molecule has 7 N–H and O–H groups in total. The van der Waals surface area contributed by atoms with Crippen molar-refractivity contribution in [2.75, 3.05) is 26.4 Å². The molecule has 2 saturated heterocycles. The van der Waals surface area contributed by atoms with Gasteiger partial charge >= 0.3 is 11.9 Å². The van der Waals surface area contributed by atoms with Gasteiger partial charge in [-0.3, -0.25) is 9.59 Å². The average Bonchev–Trinajstić information content (AvgIpc) is 3.33.